The van der Waals surface area contributed by atoms with Crippen LogP contribution in [-0.2, 0) is 0 Å². The first-order valence-corrected chi connectivity index (χ1v) is 5.47. The lowest BCUT2D eigenvalue weighted by molar-refractivity contribution is 0.402. The van der Waals surface area contributed by atoms with Crippen molar-refractivity contribution in [3.63, 3.8) is 0 Å². The third-order valence-electron chi connectivity index (χ3n) is 2.82. The molecule has 0 radical (unpaired) electrons. The predicted molar refractivity (Wildman–Crippen MR) is 72.3 cm³/mol. The molecule has 0 aromatic heterocycles. The zero-order valence-electron chi connectivity index (χ0n) is 10.2. The topological polar surface area (TPSA) is 30.5 Å². The highest BCUT2D eigenvalue weighted by molar-refractivity contribution is 5.85. The minimum absolute atomic E-state index is 0. The molecular formula is C13H18ClNO2. The van der Waals surface area contributed by atoms with E-state index in [1.807, 2.05) is 18.2 Å². The van der Waals surface area contributed by atoms with Crippen molar-refractivity contribution in [2.24, 2.45) is 0 Å². The van der Waals surface area contributed by atoms with Crippen molar-refractivity contribution < 1.29 is 9.47 Å². The molecule has 94 valence electrons. The molecule has 0 saturated heterocycles. The molecule has 0 unspecified atom stereocenters. The second-order valence-electron chi connectivity index (χ2n) is 3.75. The Kier molecular flexibility index (Phi) is 5.32. The van der Waals surface area contributed by atoms with Gasteiger partial charge >= 0.3 is 0 Å². The quantitative estimate of drug-likeness (QED) is 0.900. The van der Waals surface area contributed by atoms with Gasteiger partial charge in [0.15, 0.2) is 0 Å². The van der Waals surface area contributed by atoms with Gasteiger partial charge in [-0.15, -0.1) is 12.4 Å². The highest BCUT2D eigenvalue weighted by Gasteiger charge is 2.11. The maximum Gasteiger partial charge on any atom is 0.126 e. The van der Waals surface area contributed by atoms with Gasteiger partial charge in [-0.1, -0.05) is 6.08 Å². The number of hydrogen-bond donors (Lipinski definition) is 1. The van der Waals surface area contributed by atoms with Crippen LogP contribution in [0.3, 0.4) is 0 Å². The van der Waals surface area contributed by atoms with Crippen molar-refractivity contribution in [1.29, 1.82) is 0 Å². The van der Waals surface area contributed by atoms with E-state index in [1.165, 1.54) is 5.57 Å². The third kappa shape index (κ3) is 3.14. The molecule has 3 nitrogen and oxygen atoms in total. The van der Waals surface area contributed by atoms with Gasteiger partial charge in [0, 0.05) is 12.1 Å². The van der Waals surface area contributed by atoms with E-state index in [0.29, 0.717) is 0 Å². The van der Waals surface area contributed by atoms with Crippen LogP contribution >= 0.6 is 12.4 Å². The maximum absolute atomic E-state index is 5.38. The summed E-state index contributed by atoms with van der Waals surface area (Å²) in [7, 11) is 3.38. The van der Waals surface area contributed by atoms with E-state index in [-0.39, 0.29) is 12.4 Å². The molecule has 0 saturated carbocycles. The first-order chi connectivity index (χ1) is 7.85. The molecule has 0 bridgehead atoms. The first-order valence-electron chi connectivity index (χ1n) is 5.47. The van der Waals surface area contributed by atoms with E-state index in [0.717, 1.165) is 36.6 Å². The molecule has 1 aromatic carbocycles. The number of ether oxygens (including phenoxy) is 2. The predicted octanol–water partition coefficient (Wildman–Crippen LogP) is 2.50. The number of benzene rings is 1. The Bertz CT molecular complexity index is 404. The molecular weight excluding hydrogens is 238 g/mol. The van der Waals surface area contributed by atoms with Crippen LogP contribution in [0.5, 0.6) is 11.5 Å². The summed E-state index contributed by atoms with van der Waals surface area (Å²) < 4.78 is 10.6. The second kappa shape index (κ2) is 6.52. The van der Waals surface area contributed by atoms with Crippen LogP contribution in [0.1, 0.15) is 12.0 Å². The van der Waals surface area contributed by atoms with E-state index in [2.05, 4.69) is 11.4 Å². The Morgan fingerprint density at radius 3 is 2.59 bits per heavy atom. The van der Waals surface area contributed by atoms with Gasteiger partial charge in [0.05, 0.1) is 14.2 Å². The molecule has 1 aliphatic heterocycles. The van der Waals surface area contributed by atoms with Crippen molar-refractivity contribution in [3.05, 3.63) is 29.8 Å². The van der Waals surface area contributed by atoms with Crippen molar-refractivity contribution in [2.75, 3.05) is 27.3 Å². The van der Waals surface area contributed by atoms with E-state index in [9.17, 15) is 0 Å². The fraction of sp³-hybridized carbons (Fsp3) is 0.385. The van der Waals surface area contributed by atoms with Crippen LogP contribution in [0.15, 0.2) is 24.3 Å². The number of nitrogens with one attached hydrogen (secondary N) is 1. The largest absolute Gasteiger partial charge is 0.497 e. The molecule has 2 rings (SSSR count). The molecule has 1 heterocycles. The summed E-state index contributed by atoms with van der Waals surface area (Å²) in [5.41, 5.74) is 2.47. The molecule has 0 fully saturated rings. The van der Waals surface area contributed by atoms with Crippen molar-refractivity contribution in [1.82, 2.24) is 5.32 Å². The van der Waals surface area contributed by atoms with Crippen LogP contribution in [0, 0.1) is 0 Å². The molecule has 0 amide bonds. The second-order valence-corrected chi connectivity index (χ2v) is 3.75. The summed E-state index contributed by atoms with van der Waals surface area (Å²) in [5, 5.41) is 3.30. The number of hydrogen-bond acceptors (Lipinski definition) is 3. The fourth-order valence-electron chi connectivity index (χ4n) is 1.93. The smallest absolute Gasteiger partial charge is 0.126 e. The Morgan fingerprint density at radius 1 is 1.18 bits per heavy atom. The molecule has 1 aliphatic rings. The monoisotopic (exact) mass is 255 g/mol. The molecule has 0 aliphatic carbocycles. The average molecular weight is 256 g/mol. The fourth-order valence-corrected chi connectivity index (χ4v) is 1.93. The van der Waals surface area contributed by atoms with Gasteiger partial charge in [-0.3, -0.25) is 0 Å². The summed E-state index contributed by atoms with van der Waals surface area (Å²) in [6.45, 7) is 1.95. The van der Waals surface area contributed by atoms with Gasteiger partial charge < -0.3 is 14.8 Å². The summed E-state index contributed by atoms with van der Waals surface area (Å²) >= 11 is 0. The zero-order valence-corrected chi connectivity index (χ0v) is 11.0. The normalized spacial score (nSPS) is 14.6. The standard InChI is InChI=1S/C13H17NO2.ClH/c1-15-11-3-4-13(16-2)12(9-11)10-5-7-14-8-6-10;/h3-5,9,14H,6-8H2,1-2H3;1H. The number of halogens is 1. The van der Waals surface area contributed by atoms with Gasteiger partial charge in [0.1, 0.15) is 11.5 Å². The molecule has 1 N–H and O–H groups in total. The maximum atomic E-state index is 5.38. The third-order valence-corrected chi connectivity index (χ3v) is 2.82. The van der Waals surface area contributed by atoms with E-state index >= 15 is 0 Å². The van der Waals surface area contributed by atoms with Crippen LogP contribution in [0.25, 0.3) is 5.57 Å². The van der Waals surface area contributed by atoms with Gasteiger partial charge in [-0.25, -0.2) is 0 Å². The Labute approximate surface area is 108 Å². The first kappa shape index (κ1) is 13.9. The van der Waals surface area contributed by atoms with E-state index in [4.69, 9.17) is 9.47 Å². The van der Waals surface area contributed by atoms with E-state index < -0.39 is 0 Å². The number of methoxy groups -OCH3 is 2. The number of rotatable bonds is 3. The molecule has 0 atom stereocenters. The molecule has 4 heteroatoms. The van der Waals surface area contributed by atoms with Crippen LogP contribution in [0.4, 0.5) is 0 Å². The Hall–Kier alpha value is -1.19. The molecule has 17 heavy (non-hydrogen) atoms. The van der Waals surface area contributed by atoms with Crippen molar-refractivity contribution in [2.45, 2.75) is 6.42 Å². The Balaban J connectivity index is 0.00000144. The zero-order chi connectivity index (χ0) is 11.4. The van der Waals surface area contributed by atoms with Gasteiger partial charge in [0.2, 0.25) is 0 Å². The van der Waals surface area contributed by atoms with Gasteiger partial charge in [-0.05, 0) is 36.7 Å². The highest BCUT2D eigenvalue weighted by Crippen LogP contribution is 2.32. The van der Waals surface area contributed by atoms with Crippen LogP contribution in [0.2, 0.25) is 0 Å². The van der Waals surface area contributed by atoms with Gasteiger partial charge in [-0.2, -0.15) is 0 Å². The SMILES string of the molecule is COc1ccc(OC)c(C2=CCNCC2)c1.Cl. The summed E-state index contributed by atoms with van der Waals surface area (Å²) in [5.74, 6) is 1.78. The lowest BCUT2D eigenvalue weighted by Crippen LogP contribution is -2.20. The summed E-state index contributed by atoms with van der Waals surface area (Å²) in [6, 6.07) is 5.91. The molecule has 1 aromatic rings. The summed E-state index contributed by atoms with van der Waals surface area (Å²) in [4.78, 5) is 0. The molecule has 0 spiro atoms. The highest BCUT2D eigenvalue weighted by atomic mass is 35.5. The average Bonchev–Trinajstić information content (AvgIpc) is 2.39. The Morgan fingerprint density at radius 2 is 2.00 bits per heavy atom. The van der Waals surface area contributed by atoms with Crippen LogP contribution in [-0.4, -0.2) is 27.3 Å². The lowest BCUT2D eigenvalue weighted by Gasteiger charge is -2.17. The van der Waals surface area contributed by atoms with Gasteiger partial charge in [0.25, 0.3) is 0 Å². The minimum Gasteiger partial charge on any atom is -0.497 e. The van der Waals surface area contributed by atoms with Crippen LogP contribution < -0.4 is 14.8 Å². The van der Waals surface area contributed by atoms with Crippen molar-refractivity contribution >= 4 is 18.0 Å². The lowest BCUT2D eigenvalue weighted by atomic mass is 9.99. The van der Waals surface area contributed by atoms with Crippen molar-refractivity contribution in [3.8, 4) is 11.5 Å². The summed E-state index contributed by atoms with van der Waals surface area (Å²) in [6.07, 6.45) is 3.24. The van der Waals surface area contributed by atoms with E-state index in [1.54, 1.807) is 14.2 Å². The minimum atomic E-state index is 0.